The maximum atomic E-state index is 6.51. The zero-order chi connectivity index (χ0) is 15.1. The fourth-order valence-electron chi connectivity index (χ4n) is 4.53. The summed E-state index contributed by atoms with van der Waals surface area (Å²) in [5, 5.41) is 0. The average molecular weight is 311 g/mol. The van der Waals surface area contributed by atoms with E-state index in [4.69, 9.17) is 9.47 Å². The van der Waals surface area contributed by atoms with E-state index in [0.717, 1.165) is 19.4 Å². The van der Waals surface area contributed by atoms with E-state index < -0.39 is 0 Å². The van der Waals surface area contributed by atoms with Crippen molar-refractivity contribution in [3.63, 3.8) is 0 Å². The molecule has 0 bridgehead atoms. The predicted octanol–water partition coefficient (Wildman–Crippen LogP) is 3.08. The lowest BCUT2D eigenvalue weighted by Gasteiger charge is -2.29. The van der Waals surface area contributed by atoms with Gasteiger partial charge in [0.25, 0.3) is 0 Å². The van der Waals surface area contributed by atoms with Crippen LogP contribution in [-0.4, -0.2) is 38.1 Å². The maximum absolute atomic E-state index is 6.51. The summed E-state index contributed by atoms with van der Waals surface area (Å²) in [5.74, 6) is -0.219. The van der Waals surface area contributed by atoms with Crippen LogP contribution in [0, 0.1) is 0 Å². The Balaban J connectivity index is 1.49. The molecule has 1 unspecified atom stereocenters. The van der Waals surface area contributed by atoms with Gasteiger partial charge in [0, 0.05) is 25.7 Å². The highest BCUT2D eigenvalue weighted by atomic mass is 16.7. The monoisotopic (exact) mass is 310 g/mol. The van der Waals surface area contributed by atoms with Gasteiger partial charge in [0.05, 0.1) is 19.7 Å². The first-order chi connectivity index (χ1) is 10.9. The number of ether oxygens (including phenoxy) is 2. The number of nitrogens with one attached hydrogen (secondary N) is 1. The average Bonchev–Trinajstić information content (AvgIpc) is 3.14. The van der Waals surface area contributed by atoms with E-state index in [0.29, 0.717) is 6.10 Å². The molecule has 3 nitrogen and oxygen atoms in total. The molecule has 22 heavy (non-hydrogen) atoms. The normalized spacial score (nSPS) is 31.9. The minimum Gasteiger partial charge on any atom is -0.347 e. The number of hydrogen-bond acceptors (Lipinski definition) is 2. The summed E-state index contributed by atoms with van der Waals surface area (Å²) in [6.45, 7) is 4.69. The van der Waals surface area contributed by atoms with Gasteiger partial charge in [-0.2, -0.15) is 0 Å². The fourth-order valence-corrected chi connectivity index (χ4v) is 4.53. The Kier molecular flexibility index (Phi) is 6.58. The highest BCUT2D eigenvalue weighted by molar-refractivity contribution is 4.79. The van der Waals surface area contributed by atoms with Gasteiger partial charge in [-0.25, -0.2) is 0 Å². The molecule has 1 atom stereocenters. The molecule has 1 saturated carbocycles. The minimum atomic E-state index is -0.219. The van der Waals surface area contributed by atoms with E-state index in [1.54, 1.807) is 4.90 Å². The summed E-state index contributed by atoms with van der Waals surface area (Å²) in [5.41, 5.74) is 0. The molecule has 0 aromatic rings. The quantitative estimate of drug-likeness (QED) is 0.847. The minimum absolute atomic E-state index is 0.219. The topological polar surface area (TPSA) is 22.9 Å². The summed E-state index contributed by atoms with van der Waals surface area (Å²) >= 11 is 0. The number of quaternary nitrogens is 1. The molecule has 1 spiro atoms. The molecular weight excluding hydrogens is 274 g/mol. The van der Waals surface area contributed by atoms with Crippen LogP contribution in [0.2, 0.25) is 0 Å². The fraction of sp³-hybridized carbons (Fsp3) is 1.00. The third kappa shape index (κ3) is 4.94. The molecule has 3 aliphatic rings. The zero-order valence-corrected chi connectivity index (χ0v) is 14.4. The molecule has 3 rings (SSSR count). The van der Waals surface area contributed by atoms with Crippen molar-refractivity contribution in [3.05, 3.63) is 0 Å². The second kappa shape index (κ2) is 8.65. The van der Waals surface area contributed by atoms with Crippen molar-refractivity contribution in [2.45, 2.75) is 95.4 Å². The van der Waals surface area contributed by atoms with Crippen molar-refractivity contribution in [1.82, 2.24) is 0 Å². The van der Waals surface area contributed by atoms with Crippen molar-refractivity contribution >= 4 is 0 Å². The lowest BCUT2D eigenvalue weighted by Crippen LogP contribution is -3.11. The van der Waals surface area contributed by atoms with Crippen molar-refractivity contribution in [3.8, 4) is 0 Å². The van der Waals surface area contributed by atoms with Crippen LogP contribution in [0.5, 0.6) is 0 Å². The first-order valence-corrected chi connectivity index (χ1v) is 10.0. The third-order valence-electron chi connectivity index (χ3n) is 5.86. The van der Waals surface area contributed by atoms with Gasteiger partial charge in [-0.3, -0.25) is 0 Å². The standard InChI is InChI=1S/C19H35NO2/c1-2-4-6-8-12-19(13-9-7-5-3-1)21-17-18(22-19)16-20-14-10-11-15-20/h18H,1-17H2/p+1. The summed E-state index contributed by atoms with van der Waals surface area (Å²) in [7, 11) is 0. The van der Waals surface area contributed by atoms with E-state index >= 15 is 0 Å². The first kappa shape index (κ1) is 16.7. The highest BCUT2D eigenvalue weighted by Crippen LogP contribution is 2.34. The molecule has 2 heterocycles. The van der Waals surface area contributed by atoms with Crippen LogP contribution in [-0.2, 0) is 9.47 Å². The molecule has 128 valence electrons. The van der Waals surface area contributed by atoms with Gasteiger partial charge in [0.15, 0.2) is 5.79 Å². The van der Waals surface area contributed by atoms with Gasteiger partial charge in [0.2, 0.25) is 0 Å². The third-order valence-corrected chi connectivity index (χ3v) is 5.86. The van der Waals surface area contributed by atoms with E-state index in [1.807, 2.05) is 0 Å². The van der Waals surface area contributed by atoms with Crippen LogP contribution in [0.4, 0.5) is 0 Å². The SMILES string of the molecule is C1CCCCCC2(CCCCC1)OCC(C[NH+]1CCCC1)O2. The predicted molar refractivity (Wildman–Crippen MR) is 89.1 cm³/mol. The summed E-state index contributed by atoms with van der Waals surface area (Å²) < 4.78 is 12.8. The number of likely N-dealkylation sites (tertiary alicyclic amines) is 1. The van der Waals surface area contributed by atoms with E-state index in [2.05, 4.69) is 0 Å². The first-order valence-electron chi connectivity index (χ1n) is 10.0. The molecule has 3 heteroatoms. The second-order valence-electron chi connectivity index (χ2n) is 7.80. The second-order valence-corrected chi connectivity index (χ2v) is 7.80. The molecule has 2 aliphatic heterocycles. The van der Waals surface area contributed by atoms with E-state index in [-0.39, 0.29) is 5.79 Å². The van der Waals surface area contributed by atoms with Crippen LogP contribution < -0.4 is 4.90 Å². The van der Waals surface area contributed by atoms with Crippen LogP contribution in [0.3, 0.4) is 0 Å². The Morgan fingerprint density at radius 2 is 1.27 bits per heavy atom. The van der Waals surface area contributed by atoms with E-state index in [1.165, 1.54) is 90.3 Å². The van der Waals surface area contributed by atoms with Crippen molar-refractivity contribution in [1.29, 1.82) is 0 Å². The zero-order valence-electron chi connectivity index (χ0n) is 14.4. The summed E-state index contributed by atoms with van der Waals surface area (Å²) in [6, 6.07) is 0. The van der Waals surface area contributed by atoms with Crippen molar-refractivity contribution in [2.75, 3.05) is 26.2 Å². The maximum Gasteiger partial charge on any atom is 0.169 e. The van der Waals surface area contributed by atoms with Crippen LogP contribution in [0.15, 0.2) is 0 Å². The Labute approximate surface area is 136 Å². The lowest BCUT2D eigenvalue weighted by atomic mass is 9.97. The van der Waals surface area contributed by atoms with Gasteiger partial charge in [-0.15, -0.1) is 0 Å². The summed E-state index contributed by atoms with van der Waals surface area (Å²) in [6.07, 6.45) is 17.8. The molecule has 3 fully saturated rings. The largest absolute Gasteiger partial charge is 0.347 e. The molecule has 0 radical (unpaired) electrons. The van der Waals surface area contributed by atoms with Gasteiger partial charge in [-0.05, 0) is 12.8 Å². The van der Waals surface area contributed by atoms with Crippen molar-refractivity contribution in [2.24, 2.45) is 0 Å². The molecule has 2 saturated heterocycles. The van der Waals surface area contributed by atoms with E-state index in [9.17, 15) is 0 Å². The number of hydrogen-bond donors (Lipinski definition) is 1. The van der Waals surface area contributed by atoms with Crippen molar-refractivity contribution < 1.29 is 14.4 Å². The molecule has 0 aromatic heterocycles. The Morgan fingerprint density at radius 3 is 1.86 bits per heavy atom. The molecule has 1 aliphatic carbocycles. The lowest BCUT2D eigenvalue weighted by molar-refractivity contribution is -0.890. The molecule has 0 aromatic carbocycles. The van der Waals surface area contributed by atoms with Gasteiger partial charge in [0.1, 0.15) is 12.6 Å². The van der Waals surface area contributed by atoms with Crippen LogP contribution in [0.25, 0.3) is 0 Å². The van der Waals surface area contributed by atoms with Gasteiger partial charge < -0.3 is 14.4 Å². The number of rotatable bonds is 2. The van der Waals surface area contributed by atoms with Crippen LogP contribution >= 0.6 is 0 Å². The molecular formula is C19H36NO2+. The van der Waals surface area contributed by atoms with Crippen LogP contribution in [0.1, 0.15) is 83.5 Å². The smallest absolute Gasteiger partial charge is 0.169 e. The molecule has 0 amide bonds. The highest BCUT2D eigenvalue weighted by Gasteiger charge is 2.42. The molecule has 1 N–H and O–H groups in total. The Morgan fingerprint density at radius 1 is 0.727 bits per heavy atom. The van der Waals surface area contributed by atoms with Gasteiger partial charge in [-0.1, -0.05) is 44.9 Å². The van der Waals surface area contributed by atoms with Gasteiger partial charge >= 0.3 is 0 Å². The summed E-state index contributed by atoms with van der Waals surface area (Å²) in [4.78, 5) is 1.74. The Hall–Kier alpha value is -0.120. The Bertz CT molecular complexity index is 303.